The van der Waals surface area contributed by atoms with E-state index in [0.29, 0.717) is 41.4 Å². The summed E-state index contributed by atoms with van der Waals surface area (Å²) in [5, 5.41) is 6.46. The van der Waals surface area contributed by atoms with Crippen molar-refractivity contribution in [2.24, 2.45) is 0 Å². The smallest absolute Gasteiger partial charge is 0.287 e. The normalized spacial score (nSPS) is 10.8. The lowest BCUT2D eigenvalue weighted by Gasteiger charge is -2.09. The third-order valence-electron chi connectivity index (χ3n) is 5.67. The highest BCUT2D eigenvalue weighted by Crippen LogP contribution is 2.22. The van der Waals surface area contributed by atoms with Crippen LogP contribution in [0.1, 0.15) is 39.8 Å². The molecule has 0 aliphatic carbocycles. The summed E-state index contributed by atoms with van der Waals surface area (Å²) in [6, 6.07) is 21.5. The summed E-state index contributed by atoms with van der Waals surface area (Å²) in [7, 11) is 0. The molecule has 2 amide bonds. The lowest BCUT2D eigenvalue weighted by Crippen LogP contribution is -2.27. The number of nitrogens with two attached hydrogens (primary N) is 1. The molecule has 192 valence electrons. The van der Waals surface area contributed by atoms with Gasteiger partial charge in [0.25, 0.3) is 11.8 Å². The van der Waals surface area contributed by atoms with Gasteiger partial charge in [-0.2, -0.15) is 0 Å². The fourth-order valence-corrected chi connectivity index (χ4v) is 3.71. The van der Waals surface area contributed by atoms with E-state index in [1.54, 1.807) is 54.6 Å². The highest BCUT2D eigenvalue weighted by Gasteiger charge is 2.13. The Morgan fingerprint density at radius 2 is 1.73 bits per heavy atom. The molecule has 0 radical (unpaired) electrons. The van der Waals surface area contributed by atoms with E-state index in [9.17, 15) is 9.59 Å². The van der Waals surface area contributed by atoms with Crippen molar-refractivity contribution in [3.63, 3.8) is 0 Å². The molecule has 4 rings (SSSR count). The molecule has 1 heterocycles. The molecule has 0 spiro atoms. The number of carbonyl (C=O) groups is 2. The van der Waals surface area contributed by atoms with Crippen molar-refractivity contribution in [3.8, 4) is 5.75 Å². The van der Waals surface area contributed by atoms with E-state index in [0.717, 1.165) is 30.4 Å². The Morgan fingerprint density at radius 1 is 0.919 bits per heavy atom. The van der Waals surface area contributed by atoms with Crippen LogP contribution in [0.2, 0.25) is 0 Å². The van der Waals surface area contributed by atoms with Crippen LogP contribution in [0.25, 0.3) is 11.0 Å². The second-order valence-electron chi connectivity index (χ2n) is 8.52. The average Bonchev–Trinajstić information content (AvgIpc) is 3.34. The van der Waals surface area contributed by atoms with E-state index in [2.05, 4.69) is 17.6 Å². The molecular weight excluding hydrogens is 470 g/mol. The largest absolute Gasteiger partial charge is 0.492 e. The molecule has 4 N–H and O–H groups in total. The molecular formula is C29H31N3O5. The number of nitrogens with one attached hydrogen (secondary N) is 2. The maximum absolute atomic E-state index is 12.5. The van der Waals surface area contributed by atoms with E-state index in [1.807, 2.05) is 18.2 Å². The number of fused-ring (bicyclic) bond motifs is 1. The van der Waals surface area contributed by atoms with Crippen LogP contribution < -0.4 is 21.1 Å². The lowest BCUT2D eigenvalue weighted by atomic mass is 10.1. The van der Waals surface area contributed by atoms with Crippen LogP contribution in [0, 0.1) is 0 Å². The lowest BCUT2D eigenvalue weighted by molar-refractivity contribution is 0.0920. The van der Waals surface area contributed by atoms with Gasteiger partial charge in [0.1, 0.15) is 17.9 Å². The second-order valence-corrected chi connectivity index (χ2v) is 8.52. The highest BCUT2D eigenvalue weighted by atomic mass is 16.5. The molecule has 0 aliphatic heterocycles. The predicted molar refractivity (Wildman–Crippen MR) is 144 cm³/mol. The first-order chi connectivity index (χ1) is 18.0. The molecule has 4 aromatic rings. The van der Waals surface area contributed by atoms with E-state index in [4.69, 9.17) is 19.6 Å². The van der Waals surface area contributed by atoms with Gasteiger partial charge in [-0.15, -0.1) is 0 Å². The first-order valence-corrected chi connectivity index (χ1v) is 12.3. The van der Waals surface area contributed by atoms with E-state index in [-0.39, 0.29) is 24.2 Å². The highest BCUT2D eigenvalue weighted by molar-refractivity contribution is 6.05. The molecule has 0 atom stereocenters. The molecule has 37 heavy (non-hydrogen) atoms. The monoisotopic (exact) mass is 501 g/mol. The van der Waals surface area contributed by atoms with Gasteiger partial charge in [0, 0.05) is 17.6 Å². The van der Waals surface area contributed by atoms with Crippen molar-refractivity contribution in [3.05, 3.63) is 89.7 Å². The molecule has 0 fully saturated rings. The topological polar surface area (TPSA) is 116 Å². The van der Waals surface area contributed by atoms with Gasteiger partial charge >= 0.3 is 0 Å². The number of anilines is 2. The maximum atomic E-state index is 12.5. The Bertz CT molecular complexity index is 1350. The number of benzene rings is 3. The minimum atomic E-state index is -0.306. The Balaban J connectivity index is 1.22. The Morgan fingerprint density at radius 3 is 2.51 bits per heavy atom. The zero-order valence-electron chi connectivity index (χ0n) is 20.8. The third kappa shape index (κ3) is 7.11. The molecule has 8 heteroatoms. The summed E-state index contributed by atoms with van der Waals surface area (Å²) in [6.07, 6.45) is 1.79. The minimum Gasteiger partial charge on any atom is -0.492 e. The number of hydrogen-bond donors (Lipinski definition) is 3. The summed E-state index contributed by atoms with van der Waals surface area (Å²) in [6.45, 7) is 4.05. The van der Waals surface area contributed by atoms with Crippen molar-refractivity contribution >= 4 is 34.2 Å². The van der Waals surface area contributed by atoms with Crippen LogP contribution in [0.5, 0.6) is 5.75 Å². The zero-order chi connectivity index (χ0) is 26.0. The van der Waals surface area contributed by atoms with Gasteiger partial charge in [0.05, 0.1) is 24.5 Å². The third-order valence-corrected chi connectivity index (χ3v) is 5.67. The van der Waals surface area contributed by atoms with Gasteiger partial charge in [-0.25, -0.2) is 0 Å². The zero-order valence-corrected chi connectivity index (χ0v) is 20.8. The van der Waals surface area contributed by atoms with Crippen molar-refractivity contribution in [2.75, 3.05) is 37.4 Å². The Labute approximate surface area is 215 Å². The van der Waals surface area contributed by atoms with Crippen LogP contribution in [0.15, 0.2) is 77.2 Å². The van der Waals surface area contributed by atoms with Crippen LogP contribution in [0.4, 0.5) is 11.4 Å². The van der Waals surface area contributed by atoms with Crippen molar-refractivity contribution in [1.29, 1.82) is 0 Å². The Hall–Kier alpha value is -4.30. The van der Waals surface area contributed by atoms with Crippen LogP contribution in [0.3, 0.4) is 0 Å². The number of furan rings is 1. The minimum absolute atomic E-state index is 0.254. The molecule has 0 aliphatic rings. The standard InChI is InChI=1S/C29H31N3O5/c1-2-15-35-16-13-20-7-8-22-19-27(37-26(22)18-20)29(34)31-14-17-36-23-11-9-21(10-12-23)28(33)32-25-6-4-3-5-24(25)30/h3-12,18-19H,2,13-17,30H2,1H3,(H,31,34)(H,32,33). The average molecular weight is 502 g/mol. The van der Waals surface area contributed by atoms with Gasteiger partial charge in [-0.3, -0.25) is 9.59 Å². The van der Waals surface area contributed by atoms with Gasteiger partial charge in [0.2, 0.25) is 0 Å². The first kappa shape index (κ1) is 25.8. The molecule has 8 nitrogen and oxygen atoms in total. The molecule has 3 aromatic carbocycles. The van der Waals surface area contributed by atoms with Gasteiger partial charge in [-0.1, -0.05) is 31.2 Å². The fourth-order valence-electron chi connectivity index (χ4n) is 3.71. The molecule has 1 aromatic heterocycles. The number of amides is 2. The van der Waals surface area contributed by atoms with E-state index in [1.165, 1.54) is 0 Å². The summed E-state index contributed by atoms with van der Waals surface area (Å²) in [5.74, 6) is 0.271. The van der Waals surface area contributed by atoms with Crippen molar-refractivity contribution in [2.45, 2.75) is 19.8 Å². The summed E-state index contributed by atoms with van der Waals surface area (Å²) in [4.78, 5) is 24.9. The summed E-state index contributed by atoms with van der Waals surface area (Å²) >= 11 is 0. The number of nitrogen functional groups attached to an aromatic ring is 1. The van der Waals surface area contributed by atoms with Crippen molar-refractivity contribution < 1.29 is 23.5 Å². The van der Waals surface area contributed by atoms with E-state index >= 15 is 0 Å². The van der Waals surface area contributed by atoms with E-state index < -0.39 is 0 Å². The first-order valence-electron chi connectivity index (χ1n) is 12.3. The fraction of sp³-hybridized carbons (Fsp3) is 0.241. The molecule has 0 saturated heterocycles. The van der Waals surface area contributed by atoms with Crippen LogP contribution in [-0.2, 0) is 11.2 Å². The molecule has 0 unspecified atom stereocenters. The summed E-state index contributed by atoms with van der Waals surface area (Å²) < 4.78 is 17.0. The number of rotatable bonds is 12. The maximum Gasteiger partial charge on any atom is 0.287 e. The number of carbonyl (C=O) groups excluding carboxylic acids is 2. The van der Waals surface area contributed by atoms with Gasteiger partial charge in [-0.05, 0) is 66.9 Å². The van der Waals surface area contributed by atoms with Crippen LogP contribution in [-0.4, -0.2) is 38.2 Å². The quantitative estimate of drug-likeness (QED) is 0.185. The summed E-state index contributed by atoms with van der Waals surface area (Å²) in [5.41, 5.74) is 9.19. The Kier molecular flexibility index (Phi) is 8.78. The number of ether oxygens (including phenoxy) is 2. The van der Waals surface area contributed by atoms with Crippen molar-refractivity contribution in [1.82, 2.24) is 5.32 Å². The second kappa shape index (κ2) is 12.6. The number of hydrogen-bond acceptors (Lipinski definition) is 6. The molecule has 0 bridgehead atoms. The SMILES string of the molecule is CCCOCCc1ccc2cc(C(=O)NCCOc3ccc(C(=O)Nc4ccccc4N)cc3)oc2c1. The van der Waals surface area contributed by atoms with Gasteiger partial charge < -0.3 is 30.3 Å². The number of para-hydroxylation sites is 2. The molecule has 0 saturated carbocycles. The van der Waals surface area contributed by atoms with Crippen LogP contribution >= 0.6 is 0 Å². The van der Waals surface area contributed by atoms with Gasteiger partial charge in [0.15, 0.2) is 5.76 Å². The predicted octanol–water partition coefficient (Wildman–Crippen LogP) is 5.05.